The molecule has 0 amide bonds. The van der Waals surface area contributed by atoms with Gasteiger partial charge in [-0.3, -0.25) is 0 Å². The average Bonchev–Trinajstić information content (AvgIpc) is 3.81. The zero-order valence-corrected chi connectivity index (χ0v) is 32.8. The largest absolute Gasteiger partial charge is 0.455 e. The van der Waals surface area contributed by atoms with E-state index < -0.39 is 0 Å². The maximum absolute atomic E-state index is 6.80. The predicted molar refractivity (Wildman–Crippen MR) is 231 cm³/mol. The van der Waals surface area contributed by atoms with Gasteiger partial charge in [-0.15, -0.1) is 0 Å². The van der Waals surface area contributed by atoms with E-state index in [2.05, 4.69) is 114 Å². The summed E-state index contributed by atoms with van der Waals surface area (Å²) in [5.74, 6) is 11.1. The van der Waals surface area contributed by atoms with Crippen LogP contribution in [0.5, 0.6) is 0 Å². The summed E-state index contributed by atoms with van der Waals surface area (Å²) in [6, 6.07) is 40.9. The third-order valence-electron chi connectivity index (χ3n) is 17.6. The zero-order valence-electron chi connectivity index (χ0n) is 32.8. The van der Waals surface area contributed by atoms with Crippen LogP contribution in [0.3, 0.4) is 0 Å². The summed E-state index contributed by atoms with van der Waals surface area (Å²) in [6.07, 6.45) is 19.8. The first-order valence-electron chi connectivity index (χ1n) is 22.8. The van der Waals surface area contributed by atoms with Gasteiger partial charge in [-0.05, 0) is 164 Å². The highest BCUT2D eigenvalue weighted by Gasteiger charge is 2.62. The van der Waals surface area contributed by atoms with Gasteiger partial charge >= 0.3 is 0 Å². The Morgan fingerprint density at radius 3 is 1.77 bits per heavy atom. The summed E-state index contributed by atoms with van der Waals surface area (Å²) in [5, 5.41) is 4.97. The molecular formula is C54H55NO. The minimum atomic E-state index is 0.683. The lowest BCUT2D eigenvalue weighted by atomic mass is 9.37. The first kappa shape index (κ1) is 32.8. The molecule has 6 aliphatic carbocycles. The predicted octanol–water partition coefficient (Wildman–Crippen LogP) is 14.7. The van der Waals surface area contributed by atoms with Crippen molar-refractivity contribution < 1.29 is 4.42 Å². The van der Waals surface area contributed by atoms with Crippen LogP contribution in [0.1, 0.15) is 95.0 Å². The number of rotatable bonds is 3. The maximum atomic E-state index is 6.80. The Morgan fingerprint density at radius 1 is 0.446 bits per heavy atom. The standard InChI is InChI=1S/C54H55NO/c1-2-14-38-37(13-1)42-18-9-20-44-39-27-25-33(30-47(39)45-21-10-19-43(38)53(45)52(42)44)32-11-7-12-34(29-32)36-17-8-22-46-48-31-35(26-28-51(48)56-54(36)46)55-49-23-5-3-15-40(49)41-16-4-6-24-50(41)55/h3-8,11-12,15-17,22-24,26,28-29,31,33,37-39,42-45,47,52-53H,1-2,9-10,13-14,18-21,25,27,30H2. The van der Waals surface area contributed by atoms with Gasteiger partial charge in [0.25, 0.3) is 0 Å². The number of hydrogen-bond acceptors (Lipinski definition) is 1. The van der Waals surface area contributed by atoms with E-state index in [4.69, 9.17) is 4.42 Å². The van der Waals surface area contributed by atoms with Crippen LogP contribution in [0, 0.1) is 59.2 Å². The molecule has 0 spiro atoms. The van der Waals surface area contributed by atoms with Gasteiger partial charge in [0, 0.05) is 32.8 Å². The quantitative estimate of drug-likeness (QED) is 0.177. The first-order valence-corrected chi connectivity index (χ1v) is 22.8. The van der Waals surface area contributed by atoms with Crippen molar-refractivity contribution >= 4 is 43.7 Å². The number of para-hydroxylation sites is 3. The van der Waals surface area contributed by atoms with Gasteiger partial charge in [0.1, 0.15) is 11.2 Å². The Labute approximate surface area is 331 Å². The highest BCUT2D eigenvalue weighted by molar-refractivity contribution is 6.12. The van der Waals surface area contributed by atoms with Gasteiger partial charge in [0.05, 0.1) is 11.0 Å². The fourth-order valence-electron chi connectivity index (χ4n) is 15.8. The van der Waals surface area contributed by atoms with E-state index in [0.29, 0.717) is 5.92 Å². The number of benzene rings is 5. The average molecular weight is 734 g/mol. The van der Waals surface area contributed by atoms with Gasteiger partial charge < -0.3 is 8.98 Å². The molecule has 282 valence electrons. The van der Waals surface area contributed by atoms with Crippen LogP contribution in [0.2, 0.25) is 0 Å². The number of nitrogens with zero attached hydrogens (tertiary/aromatic N) is 1. The van der Waals surface area contributed by atoms with Crippen molar-refractivity contribution in [2.45, 2.75) is 89.4 Å². The first-order chi connectivity index (χ1) is 27.8. The second kappa shape index (κ2) is 12.6. The Hall–Kier alpha value is -4.30. The molecule has 13 rings (SSSR count). The van der Waals surface area contributed by atoms with E-state index in [9.17, 15) is 0 Å². The summed E-state index contributed by atoms with van der Waals surface area (Å²) in [5.41, 5.74) is 9.74. The van der Waals surface area contributed by atoms with E-state index in [-0.39, 0.29) is 0 Å². The van der Waals surface area contributed by atoms with E-state index >= 15 is 0 Å². The minimum Gasteiger partial charge on any atom is -0.455 e. The number of fused-ring (bicyclic) bond motifs is 12. The van der Waals surface area contributed by atoms with Crippen LogP contribution in [0.4, 0.5) is 0 Å². The van der Waals surface area contributed by atoms with Crippen molar-refractivity contribution in [3.05, 3.63) is 115 Å². The normalized spacial score (nSPS) is 33.7. The maximum Gasteiger partial charge on any atom is 0.143 e. The van der Waals surface area contributed by atoms with E-state index in [1.165, 1.54) is 101 Å². The molecule has 0 bridgehead atoms. The number of furan rings is 1. The molecule has 11 unspecified atom stereocenters. The van der Waals surface area contributed by atoms with E-state index in [1.54, 1.807) is 37.7 Å². The highest BCUT2D eigenvalue weighted by atomic mass is 16.3. The highest BCUT2D eigenvalue weighted by Crippen LogP contribution is 2.69. The molecule has 2 heteroatoms. The lowest BCUT2D eigenvalue weighted by Crippen LogP contribution is -2.61. The van der Waals surface area contributed by atoms with Gasteiger partial charge in [0.2, 0.25) is 0 Å². The Morgan fingerprint density at radius 2 is 1.05 bits per heavy atom. The molecule has 11 atom stereocenters. The summed E-state index contributed by atoms with van der Waals surface area (Å²) in [4.78, 5) is 0. The fraction of sp³-hybridized carbons (Fsp3) is 0.444. The van der Waals surface area contributed by atoms with Crippen LogP contribution >= 0.6 is 0 Å². The van der Waals surface area contributed by atoms with Crippen LogP contribution < -0.4 is 0 Å². The Balaban J connectivity index is 0.843. The summed E-state index contributed by atoms with van der Waals surface area (Å²) in [6.45, 7) is 0. The molecular weight excluding hydrogens is 679 g/mol. The van der Waals surface area contributed by atoms with Crippen LogP contribution in [0.25, 0.3) is 60.6 Å². The number of hydrogen-bond donors (Lipinski definition) is 0. The monoisotopic (exact) mass is 733 g/mol. The molecule has 0 N–H and O–H groups in total. The Kier molecular flexibility index (Phi) is 7.37. The topological polar surface area (TPSA) is 18.1 Å². The van der Waals surface area contributed by atoms with Crippen molar-refractivity contribution in [3.63, 3.8) is 0 Å². The van der Waals surface area contributed by atoms with Crippen molar-refractivity contribution in [1.82, 2.24) is 4.57 Å². The third-order valence-corrected chi connectivity index (χ3v) is 17.6. The molecule has 0 saturated heterocycles. The zero-order chi connectivity index (χ0) is 36.5. The van der Waals surface area contributed by atoms with E-state index in [1.807, 2.05) is 0 Å². The van der Waals surface area contributed by atoms with E-state index in [0.717, 1.165) is 70.3 Å². The molecule has 7 aromatic rings. The summed E-state index contributed by atoms with van der Waals surface area (Å²) >= 11 is 0. The van der Waals surface area contributed by atoms with Crippen molar-refractivity contribution in [3.8, 4) is 16.8 Å². The van der Waals surface area contributed by atoms with Crippen LogP contribution in [-0.4, -0.2) is 4.57 Å². The van der Waals surface area contributed by atoms with Crippen molar-refractivity contribution in [2.24, 2.45) is 59.2 Å². The third kappa shape index (κ3) is 4.68. The van der Waals surface area contributed by atoms with Gasteiger partial charge in [-0.1, -0.05) is 105 Å². The molecule has 2 aromatic heterocycles. The van der Waals surface area contributed by atoms with Crippen LogP contribution in [-0.2, 0) is 0 Å². The molecule has 6 saturated carbocycles. The minimum absolute atomic E-state index is 0.683. The fourth-order valence-corrected chi connectivity index (χ4v) is 15.8. The molecule has 0 radical (unpaired) electrons. The van der Waals surface area contributed by atoms with Crippen molar-refractivity contribution in [2.75, 3.05) is 0 Å². The van der Waals surface area contributed by atoms with Crippen molar-refractivity contribution in [1.29, 1.82) is 0 Å². The molecule has 0 aliphatic heterocycles. The molecule has 6 aliphatic rings. The summed E-state index contributed by atoms with van der Waals surface area (Å²) < 4.78 is 9.22. The SMILES string of the molecule is c1cc(-c2cccc3c2oc2ccc(-n4c5ccccc5c5ccccc54)cc23)cc(C2CCC3C(C2)C2CCCC4C5CCCCC5C5CCCC3C5C42)c1. The molecule has 6 fully saturated rings. The Bertz CT molecular complexity index is 2590. The molecule has 2 nitrogen and oxygen atoms in total. The molecule has 2 heterocycles. The smallest absolute Gasteiger partial charge is 0.143 e. The summed E-state index contributed by atoms with van der Waals surface area (Å²) in [7, 11) is 0. The lowest BCUT2D eigenvalue weighted by molar-refractivity contribution is -0.188. The second-order valence-corrected chi connectivity index (χ2v) is 19.6. The van der Waals surface area contributed by atoms with Gasteiger partial charge in [-0.2, -0.15) is 0 Å². The number of aromatic nitrogens is 1. The second-order valence-electron chi connectivity index (χ2n) is 19.6. The molecule has 5 aromatic carbocycles. The molecule has 56 heavy (non-hydrogen) atoms. The van der Waals surface area contributed by atoms with Crippen LogP contribution in [0.15, 0.2) is 114 Å². The van der Waals surface area contributed by atoms with Gasteiger partial charge in [-0.25, -0.2) is 0 Å². The van der Waals surface area contributed by atoms with Gasteiger partial charge in [0.15, 0.2) is 0 Å². The lowest BCUT2D eigenvalue weighted by Gasteiger charge is -2.67.